The van der Waals surface area contributed by atoms with E-state index in [1.807, 2.05) is 5.38 Å². The van der Waals surface area contributed by atoms with Crippen LogP contribution in [0.4, 0.5) is 0 Å². The van der Waals surface area contributed by atoms with Crippen molar-refractivity contribution in [3.8, 4) is 0 Å². The van der Waals surface area contributed by atoms with Crippen LogP contribution in [0.3, 0.4) is 0 Å². The van der Waals surface area contributed by atoms with E-state index in [4.69, 9.17) is 0 Å². The molecule has 0 radical (unpaired) electrons. The van der Waals surface area contributed by atoms with Gasteiger partial charge in [0, 0.05) is 12.6 Å². The predicted octanol–water partition coefficient (Wildman–Crippen LogP) is 3.97. The number of allylic oxidation sites excluding steroid dienone is 1. The molecule has 0 saturated heterocycles. The van der Waals surface area contributed by atoms with Gasteiger partial charge in [0.1, 0.15) is 4.83 Å². The lowest BCUT2D eigenvalue weighted by atomic mass is 9.97. The Labute approximate surface area is 161 Å². The van der Waals surface area contributed by atoms with Crippen LogP contribution < -0.4 is 10.9 Å². The summed E-state index contributed by atoms with van der Waals surface area (Å²) >= 11 is 2.77. The van der Waals surface area contributed by atoms with Crippen LogP contribution >= 0.6 is 23.1 Å². The molecule has 0 bridgehead atoms. The normalized spacial score (nSPS) is 16.2. The van der Waals surface area contributed by atoms with Crippen LogP contribution in [0.25, 0.3) is 10.2 Å². The molecule has 2 heterocycles. The Hall–Kier alpha value is -1.60. The summed E-state index contributed by atoms with van der Waals surface area (Å²) < 4.78 is 1.59. The van der Waals surface area contributed by atoms with Crippen LogP contribution in [0, 0.1) is 0 Å². The highest BCUT2D eigenvalue weighted by atomic mass is 32.2. The lowest BCUT2D eigenvalue weighted by Crippen LogP contribution is -2.36. The molecule has 1 saturated carbocycles. The molecule has 5 nitrogen and oxygen atoms in total. The fourth-order valence-corrected chi connectivity index (χ4v) is 4.96. The van der Waals surface area contributed by atoms with Crippen LogP contribution in [-0.2, 0) is 11.3 Å². The quantitative estimate of drug-likeness (QED) is 0.460. The summed E-state index contributed by atoms with van der Waals surface area (Å²) in [5.41, 5.74) is -0.0703. The average Bonchev–Trinajstić information content (AvgIpc) is 3.07. The van der Waals surface area contributed by atoms with E-state index in [0.717, 1.165) is 17.7 Å². The molecule has 7 heteroatoms. The molecule has 0 aliphatic heterocycles. The molecule has 26 heavy (non-hydrogen) atoms. The van der Waals surface area contributed by atoms with Gasteiger partial charge in [-0.25, -0.2) is 4.98 Å². The van der Waals surface area contributed by atoms with Gasteiger partial charge in [0.15, 0.2) is 5.16 Å². The minimum atomic E-state index is -0.0703. The first kappa shape index (κ1) is 19.2. The third-order valence-electron chi connectivity index (χ3n) is 4.66. The van der Waals surface area contributed by atoms with Crippen molar-refractivity contribution in [2.75, 3.05) is 5.75 Å². The van der Waals surface area contributed by atoms with Crippen LogP contribution in [-0.4, -0.2) is 27.3 Å². The van der Waals surface area contributed by atoms with Crippen molar-refractivity contribution < 1.29 is 4.79 Å². The van der Waals surface area contributed by atoms with Gasteiger partial charge in [0.05, 0.1) is 11.1 Å². The maximum atomic E-state index is 12.6. The van der Waals surface area contributed by atoms with Crippen LogP contribution in [0.5, 0.6) is 0 Å². The second-order valence-corrected chi connectivity index (χ2v) is 8.47. The first-order valence-electron chi connectivity index (χ1n) is 9.20. The predicted molar refractivity (Wildman–Crippen MR) is 109 cm³/mol. The van der Waals surface area contributed by atoms with Gasteiger partial charge in [-0.2, -0.15) is 0 Å². The number of nitrogens with zero attached hydrogens (tertiary/aromatic N) is 2. The summed E-state index contributed by atoms with van der Waals surface area (Å²) in [7, 11) is 0. The van der Waals surface area contributed by atoms with E-state index in [-0.39, 0.29) is 23.3 Å². The zero-order valence-corrected chi connectivity index (χ0v) is 16.5. The van der Waals surface area contributed by atoms with E-state index in [9.17, 15) is 9.59 Å². The van der Waals surface area contributed by atoms with Crippen LogP contribution in [0.1, 0.15) is 44.9 Å². The average molecular weight is 392 g/mol. The Morgan fingerprint density at radius 1 is 1.35 bits per heavy atom. The number of thiophene rings is 1. The number of nitrogens with one attached hydrogen (secondary N) is 1. The highest BCUT2D eigenvalue weighted by molar-refractivity contribution is 7.99. The van der Waals surface area contributed by atoms with Crippen molar-refractivity contribution in [1.29, 1.82) is 0 Å². The first-order chi connectivity index (χ1) is 12.7. The van der Waals surface area contributed by atoms with Crippen molar-refractivity contribution in [2.45, 2.75) is 62.7 Å². The van der Waals surface area contributed by atoms with Crippen LogP contribution in [0.2, 0.25) is 0 Å². The zero-order chi connectivity index (χ0) is 18.4. The lowest BCUT2D eigenvalue weighted by Gasteiger charge is -2.21. The molecule has 1 N–H and O–H groups in total. The smallest absolute Gasteiger partial charge is 0.263 e. The Bertz CT molecular complexity index is 820. The molecular formula is C19H25N3O2S2. The molecule has 0 atom stereocenters. The standard InChI is InChI=1S/C19H25N3O2S2/c1-2-11-22-18(24)15-10-12-25-17(15)21-19(22)26-13-16(23)20-14-8-6-4-3-5-7-9-14/h2,10,12,14H,1,3-9,11,13H2,(H,20,23). The van der Waals surface area contributed by atoms with E-state index >= 15 is 0 Å². The Morgan fingerprint density at radius 3 is 2.81 bits per heavy atom. The number of carbonyl (C=O) groups excluding carboxylic acids is 1. The Balaban J connectivity index is 1.66. The Kier molecular flexibility index (Phi) is 6.91. The topological polar surface area (TPSA) is 64.0 Å². The molecule has 1 aliphatic rings. The van der Waals surface area contributed by atoms with Gasteiger partial charge in [0.2, 0.25) is 5.91 Å². The molecule has 2 aromatic heterocycles. The monoisotopic (exact) mass is 391 g/mol. The van der Waals surface area contributed by atoms with Gasteiger partial charge in [0.25, 0.3) is 5.56 Å². The van der Waals surface area contributed by atoms with E-state index in [1.54, 1.807) is 16.7 Å². The number of hydrogen-bond donors (Lipinski definition) is 1. The second kappa shape index (κ2) is 9.37. The molecule has 1 fully saturated rings. The van der Waals surface area contributed by atoms with Gasteiger partial charge in [-0.1, -0.05) is 49.9 Å². The Morgan fingerprint density at radius 2 is 2.08 bits per heavy atom. The number of amides is 1. The van der Waals surface area contributed by atoms with Crippen molar-refractivity contribution in [2.24, 2.45) is 0 Å². The molecule has 2 aromatic rings. The number of thioether (sulfide) groups is 1. The van der Waals surface area contributed by atoms with Gasteiger partial charge in [-0.15, -0.1) is 17.9 Å². The molecule has 140 valence electrons. The number of rotatable bonds is 6. The fourth-order valence-electron chi connectivity index (χ4n) is 3.33. The lowest BCUT2D eigenvalue weighted by molar-refractivity contribution is -0.119. The van der Waals surface area contributed by atoms with Crippen LogP contribution in [0.15, 0.2) is 34.1 Å². The summed E-state index contributed by atoms with van der Waals surface area (Å²) in [6.07, 6.45) is 10.0. The number of carbonyl (C=O) groups is 1. The largest absolute Gasteiger partial charge is 0.353 e. The van der Waals surface area contributed by atoms with Crippen molar-refractivity contribution in [3.05, 3.63) is 34.5 Å². The number of aromatic nitrogens is 2. The summed E-state index contributed by atoms with van der Waals surface area (Å²) in [5, 5.41) is 6.24. The van der Waals surface area contributed by atoms with Gasteiger partial charge in [-0.3, -0.25) is 14.2 Å². The number of hydrogen-bond acceptors (Lipinski definition) is 5. The maximum absolute atomic E-state index is 12.6. The fraction of sp³-hybridized carbons (Fsp3) is 0.526. The van der Waals surface area contributed by atoms with Crippen molar-refractivity contribution in [1.82, 2.24) is 14.9 Å². The van der Waals surface area contributed by atoms with Gasteiger partial charge >= 0.3 is 0 Å². The third-order valence-corrected chi connectivity index (χ3v) is 6.45. The highest BCUT2D eigenvalue weighted by Gasteiger charge is 2.16. The third kappa shape index (κ3) is 4.76. The number of fused-ring (bicyclic) bond motifs is 1. The first-order valence-corrected chi connectivity index (χ1v) is 11.1. The minimum Gasteiger partial charge on any atom is -0.353 e. The molecule has 0 aromatic carbocycles. The maximum Gasteiger partial charge on any atom is 0.263 e. The summed E-state index contributed by atoms with van der Waals surface area (Å²) in [4.78, 5) is 30.3. The van der Waals surface area contributed by atoms with Crippen molar-refractivity contribution in [3.63, 3.8) is 0 Å². The van der Waals surface area contributed by atoms with Gasteiger partial charge < -0.3 is 5.32 Å². The van der Waals surface area contributed by atoms with Crippen molar-refractivity contribution >= 4 is 39.2 Å². The minimum absolute atomic E-state index is 0.0197. The van der Waals surface area contributed by atoms with E-state index in [0.29, 0.717) is 17.1 Å². The highest BCUT2D eigenvalue weighted by Crippen LogP contribution is 2.22. The molecular weight excluding hydrogens is 366 g/mol. The summed E-state index contributed by atoms with van der Waals surface area (Å²) in [5.74, 6) is 0.294. The second-order valence-electron chi connectivity index (χ2n) is 6.64. The molecule has 3 rings (SSSR count). The molecule has 0 unspecified atom stereocenters. The zero-order valence-electron chi connectivity index (χ0n) is 14.9. The van der Waals surface area contributed by atoms with E-state index < -0.39 is 0 Å². The van der Waals surface area contributed by atoms with Gasteiger partial charge in [-0.05, 0) is 24.3 Å². The summed E-state index contributed by atoms with van der Waals surface area (Å²) in [6.45, 7) is 4.11. The molecule has 1 aliphatic carbocycles. The molecule has 0 spiro atoms. The van der Waals surface area contributed by atoms with E-state index in [1.165, 1.54) is 55.2 Å². The molecule has 1 amide bonds. The summed E-state index contributed by atoms with van der Waals surface area (Å²) in [6, 6.07) is 2.08. The van der Waals surface area contributed by atoms with E-state index in [2.05, 4.69) is 16.9 Å². The SMILES string of the molecule is C=CCn1c(SCC(=O)NC2CCCCCCC2)nc2sccc2c1=O.